The van der Waals surface area contributed by atoms with Gasteiger partial charge < -0.3 is 19.9 Å². The van der Waals surface area contributed by atoms with Gasteiger partial charge in [0, 0.05) is 42.3 Å². The third-order valence-corrected chi connectivity index (χ3v) is 6.43. The van der Waals surface area contributed by atoms with Gasteiger partial charge in [0.25, 0.3) is 5.70 Å². The number of guanidine groups is 1. The molecule has 2 aliphatic rings. The lowest BCUT2D eigenvalue weighted by Crippen LogP contribution is -2.58. The first-order chi connectivity index (χ1) is 15.7. The molecule has 10 nitrogen and oxygen atoms in total. The van der Waals surface area contributed by atoms with Gasteiger partial charge in [0.2, 0.25) is 5.96 Å². The third-order valence-electron chi connectivity index (χ3n) is 6.18. The molecule has 1 aromatic carbocycles. The number of anilines is 1. The van der Waals surface area contributed by atoms with Crippen molar-refractivity contribution in [1.29, 1.82) is 5.26 Å². The Morgan fingerprint density at radius 3 is 2.64 bits per heavy atom. The van der Waals surface area contributed by atoms with Crippen LogP contribution < -0.4 is 10.6 Å². The van der Waals surface area contributed by atoms with Crippen LogP contribution in [0.1, 0.15) is 13.3 Å². The van der Waals surface area contributed by atoms with Crippen LogP contribution >= 0.6 is 11.6 Å². The van der Waals surface area contributed by atoms with Crippen LogP contribution in [0.25, 0.3) is 0 Å². The number of nitrogens with zero attached hydrogens (tertiary/aromatic N) is 3. The van der Waals surface area contributed by atoms with E-state index in [1.165, 1.54) is 26.4 Å². The number of ether oxygens (including phenoxy) is 2. The predicted molar refractivity (Wildman–Crippen MR) is 123 cm³/mol. The molecule has 0 bridgehead atoms. The van der Waals surface area contributed by atoms with Crippen molar-refractivity contribution in [3.8, 4) is 6.19 Å². The van der Waals surface area contributed by atoms with E-state index >= 15 is 0 Å². The fraction of sp³-hybridized carbons (Fsp3) is 0.455. The van der Waals surface area contributed by atoms with Crippen molar-refractivity contribution in [2.24, 2.45) is 22.2 Å². The molecule has 1 fully saturated rings. The zero-order valence-corrected chi connectivity index (χ0v) is 19.2. The van der Waals surface area contributed by atoms with Crippen molar-refractivity contribution in [3.63, 3.8) is 0 Å². The largest absolute Gasteiger partial charge is 0.390 e. The predicted octanol–water partition coefficient (Wildman–Crippen LogP) is 2.90. The minimum absolute atomic E-state index is 0.0669. The number of hydrogen-bond donors (Lipinski definition) is 3. The quantitative estimate of drug-likeness (QED) is 0.108. The molecule has 0 heterocycles. The van der Waals surface area contributed by atoms with E-state index < -0.39 is 34.7 Å². The summed E-state index contributed by atoms with van der Waals surface area (Å²) in [5.74, 6) is -0.554. The fourth-order valence-electron chi connectivity index (χ4n) is 4.63. The zero-order valence-electron chi connectivity index (χ0n) is 18.4. The number of aliphatic hydroxyl groups is 1. The molecule has 176 valence electrons. The van der Waals surface area contributed by atoms with E-state index in [2.05, 4.69) is 15.6 Å². The topological polar surface area (TPSA) is 142 Å². The van der Waals surface area contributed by atoms with Gasteiger partial charge in [-0.05, 0) is 42.7 Å². The summed E-state index contributed by atoms with van der Waals surface area (Å²) < 4.78 is 11.0. The molecule has 0 aliphatic heterocycles. The molecule has 5 atom stereocenters. The zero-order chi connectivity index (χ0) is 24.2. The van der Waals surface area contributed by atoms with Crippen molar-refractivity contribution in [2.45, 2.75) is 31.8 Å². The first-order valence-corrected chi connectivity index (χ1v) is 10.6. The van der Waals surface area contributed by atoms with Gasteiger partial charge in [-0.3, -0.25) is 15.4 Å². The molecule has 0 radical (unpaired) electrons. The van der Waals surface area contributed by atoms with Crippen LogP contribution in [0.5, 0.6) is 0 Å². The maximum absolute atomic E-state index is 11.5. The summed E-state index contributed by atoms with van der Waals surface area (Å²) in [6.45, 7) is 1.83. The number of nitriles is 1. The first kappa shape index (κ1) is 24.7. The Hall–Kier alpha value is -2.97. The van der Waals surface area contributed by atoms with Crippen LogP contribution in [-0.4, -0.2) is 48.6 Å². The monoisotopic (exact) mass is 475 g/mol. The highest BCUT2D eigenvalue weighted by Crippen LogP contribution is 2.49. The molecule has 2 unspecified atom stereocenters. The van der Waals surface area contributed by atoms with E-state index in [1.54, 1.807) is 30.3 Å². The van der Waals surface area contributed by atoms with Crippen molar-refractivity contribution in [1.82, 2.24) is 5.32 Å². The number of aliphatic imine (C=N–C) groups is 1. The fourth-order valence-corrected chi connectivity index (χ4v) is 4.75. The van der Waals surface area contributed by atoms with Gasteiger partial charge in [0.15, 0.2) is 12.5 Å². The Bertz CT molecular complexity index is 1000. The molecule has 2 aliphatic carbocycles. The molecule has 0 amide bonds. The second kappa shape index (κ2) is 10.3. The van der Waals surface area contributed by atoms with Gasteiger partial charge in [-0.1, -0.05) is 24.6 Å². The normalized spacial score (nSPS) is 29.1. The highest BCUT2D eigenvalue weighted by Gasteiger charge is 2.54. The van der Waals surface area contributed by atoms with E-state index in [-0.39, 0.29) is 17.6 Å². The summed E-state index contributed by atoms with van der Waals surface area (Å²) in [5.41, 5.74) is -0.328. The van der Waals surface area contributed by atoms with Gasteiger partial charge in [-0.2, -0.15) is 5.26 Å². The Balaban J connectivity index is 2.05. The second-order valence-corrected chi connectivity index (χ2v) is 8.68. The number of benzene rings is 1. The third kappa shape index (κ3) is 5.17. The van der Waals surface area contributed by atoms with Crippen molar-refractivity contribution in [3.05, 3.63) is 63.3 Å². The Morgan fingerprint density at radius 2 is 2.06 bits per heavy atom. The molecule has 0 aromatic heterocycles. The van der Waals surface area contributed by atoms with Crippen LogP contribution in [0, 0.1) is 38.8 Å². The van der Waals surface area contributed by atoms with Crippen molar-refractivity contribution in [2.75, 3.05) is 19.5 Å². The van der Waals surface area contributed by atoms with E-state index in [0.717, 1.165) is 0 Å². The Labute approximate surface area is 196 Å². The summed E-state index contributed by atoms with van der Waals surface area (Å²) in [5, 5.41) is 38.2. The number of nitrogens with one attached hydrogen (secondary N) is 2. The minimum atomic E-state index is -1.10. The van der Waals surface area contributed by atoms with E-state index in [1.807, 2.05) is 13.1 Å². The molecule has 1 aromatic rings. The van der Waals surface area contributed by atoms with Crippen molar-refractivity contribution >= 4 is 23.2 Å². The number of rotatable bonds is 6. The van der Waals surface area contributed by atoms with Gasteiger partial charge in [-0.15, -0.1) is 0 Å². The summed E-state index contributed by atoms with van der Waals surface area (Å²) in [6, 6.07) is 5.94. The lowest BCUT2D eigenvalue weighted by molar-refractivity contribution is -0.420. The Morgan fingerprint density at radius 1 is 1.39 bits per heavy atom. The average molecular weight is 476 g/mol. The number of allylic oxidation sites excluding steroid dienone is 2. The van der Waals surface area contributed by atoms with Gasteiger partial charge in [-0.25, -0.2) is 4.99 Å². The summed E-state index contributed by atoms with van der Waals surface area (Å²) in [7, 11) is 2.98. The van der Waals surface area contributed by atoms with Gasteiger partial charge in [0.1, 0.15) is 0 Å². The molecular formula is C22H26ClN5O5. The standard InChI is InChI=1S/C22H26ClN5O5/c1-22(20(32-2)33-3)11-13-4-9-16(28(30)31)10-17(13)18(19(22)29)27-21(25-12-24)26-15-7-5-14(23)6-8-15/h4-10,13,17-20,29H,11H2,1-3H3,(H2,25,26,27)/t13?,17?,18-,19-,22+/m0/s1. The maximum atomic E-state index is 11.5. The van der Waals surface area contributed by atoms with E-state index in [4.69, 9.17) is 21.1 Å². The maximum Gasteiger partial charge on any atom is 0.265 e. The van der Waals surface area contributed by atoms with Crippen LogP contribution in [0.2, 0.25) is 5.02 Å². The number of hydrogen-bond acceptors (Lipinski definition) is 7. The highest BCUT2D eigenvalue weighted by molar-refractivity contribution is 6.30. The van der Waals surface area contributed by atoms with Crippen LogP contribution in [0.15, 0.2) is 53.2 Å². The van der Waals surface area contributed by atoms with Crippen molar-refractivity contribution < 1.29 is 19.5 Å². The molecule has 3 N–H and O–H groups in total. The molecular weight excluding hydrogens is 450 g/mol. The lowest BCUT2D eigenvalue weighted by Gasteiger charge is -2.50. The van der Waals surface area contributed by atoms with E-state index in [0.29, 0.717) is 17.1 Å². The minimum Gasteiger partial charge on any atom is -0.390 e. The van der Waals surface area contributed by atoms with Crippen LogP contribution in [0.3, 0.4) is 0 Å². The summed E-state index contributed by atoms with van der Waals surface area (Å²) in [4.78, 5) is 15.6. The SMILES string of the molecule is COC(OC)[C@]1(C)CC2C=CC([N+](=O)[O-])=CC2[C@H](N=C(NC#N)Nc2ccc(Cl)cc2)[C@@H]1O. The molecule has 11 heteroatoms. The first-order valence-electron chi connectivity index (χ1n) is 10.3. The van der Waals surface area contributed by atoms with Crippen LogP contribution in [0.4, 0.5) is 5.69 Å². The van der Waals surface area contributed by atoms with Gasteiger partial charge in [0.05, 0.1) is 17.1 Å². The summed E-state index contributed by atoms with van der Waals surface area (Å²) >= 11 is 5.94. The molecule has 0 saturated heterocycles. The average Bonchev–Trinajstić information content (AvgIpc) is 2.79. The number of halogens is 1. The number of nitro groups is 1. The molecule has 33 heavy (non-hydrogen) atoms. The number of fused-ring (bicyclic) bond motifs is 1. The Kier molecular flexibility index (Phi) is 7.71. The smallest absolute Gasteiger partial charge is 0.265 e. The number of aliphatic hydroxyl groups excluding tert-OH is 1. The molecule has 1 saturated carbocycles. The van der Waals surface area contributed by atoms with E-state index in [9.17, 15) is 20.5 Å². The molecule has 0 spiro atoms. The second-order valence-electron chi connectivity index (χ2n) is 8.24. The lowest BCUT2D eigenvalue weighted by atomic mass is 9.60. The van der Waals surface area contributed by atoms with Gasteiger partial charge >= 0.3 is 0 Å². The highest BCUT2D eigenvalue weighted by atomic mass is 35.5. The van der Waals surface area contributed by atoms with Crippen LogP contribution in [-0.2, 0) is 9.47 Å². The summed E-state index contributed by atoms with van der Waals surface area (Å²) in [6.07, 6.45) is 5.21. The number of methoxy groups -OCH3 is 2. The molecule has 3 rings (SSSR count).